The van der Waals surface area contributed by atoms with Crippen LogP contribution in [0.1, 0.15) is 16.8 Å². The quantitative estimate of drug-likeness (QED) is 0.520. The molecule has 24 heavy (non-hydrogen) atoms. The van der Waals surface area contributed by atoms with Crippen LogP contribution in [-0.4, -0.2) is 42.9 Å². The minimum atomic E-state index is -3.05. The van der Waals surface area contributed by atoms with Crippen molar-refractivity contribution in [2.45, 2.75) is 12.5 Å². The predicted octanol–water partition coefficient (Wildman–Crippen LogP) is 0.507. The highest BCUT2D eigenvalue weighted by atomic mass is 32.2. The van der Waals surface area contributed by atoms with Crippen molar-refractivity contribution in [1.82, 2.24) is 5.32 Å². The molecular weight excluding hydrogens is 334 g/mol. The van der Waals surface area contributed by atoms with Crippen LogP contribution >= 0.6 is 0 Å². The lowest BCUT2D eigenvalue weighted by molar-refractivity contribution is -0.112. The summed E-state index contributed by atoms with van der Waals surface area (Å²) in [7, 11) is -3.05. The van der Waals surface area contributed by atoms with Gasteiger partial charge in [0.15, 0.2) is 9.84 Å². The monoisotopic (exact) mass is 349 g/mol. The lowest BCUT2D eigenvalue weighted by Crippen LogP contribution is -2.27. The van der Waals surface area contributed by atoms with Crippen molar-refractivity contribution in [1.29, 1.82) is 5.26 Å². The number of rotatable bonds is 5. The standard InChI is InChI=1S/C15H15N3O5S/c16-7-11(8-17-13-5-6-24(22,23)9-13)14(19)18-12-3-1-10(2-4-12)15(20)21/h1-4,8,13,17H,5-6,9H2,(H,18,19)(H,20,21)/b11-8-. The third-order valence-corrected chi connectivity index (χ3v) is 5.22. The van der Waals surface area contributed by atoms with Gasteiger partial charge in [0.25, 0.3) is 5.91 Å². The van der Waals surface area contributed by atoms with Crippen LogP contribution in [0.4, 0.5) is 5.69 Å². The minimum Gasteiger partial charge on any atom is -0.478 e. The lowest BCUT2D eigenvalue weighted by Gasteiger charge is -2.09. The Kier molecular flexibility index (Phi) is 5.21. The Morgan fingerprint density at radius 2 is 1.96 bits per heavy atom. The molecule has 0 aliphatic carbocycles. The van der Waals surface area contributed by atoms with Crippen LogP contribution in [0.25, 0.3) is 0 Å². The number of carbonyl (C=O) groups excluding carboxylic acids is 1. The highest BCUT2D eigenvalue weighted by Gasteiger charge is 2.27. The largest absolute Gasteiger partial charge is 0.478 e. The summed E-state index contributed by atoms with van der Waals surface area (Å²) in [6, 6.07) is 6.90. The number of carboxylic acids is 1. The Labute approximate surface area is 138 Å². The number of carbonyl (C=O) groups is 2. The summed E-state index contributed by atoms with van der Waals surface area (Å²) in [5.74, 6) is -1.70. The Morgan fingerprint density at radius 3 is 2.46 bits per heavy atom. The van der Waals surface area contributed by atoms with E-state index in [1.807, 2.05) is 0 Å². The van der Waals surface area contributed by atoms with E-state index >= 15 is 0 Å². The molecule has 1 aromatic rings. The molecule has 1 fully saturated rings. The van der Waals surface area contributed by atoms with Crippen LogP contribution in [0.15, 0.2) is 36.0 Å². The topological polar surface area (TPSA) is 136 Å². The van der Waals surface area contributed by atoms with Crippen LogP contribution < -0.4 is 10.6 Å². The van der Waals surface area contributed by atoms with Gasteiger partial charge in [-0.1, -0.05) is 0 Å². The number of sulfone groups is 1. The average molecular weight is 349 g/mol. The van der Waals surface area contributed by atoms with Gasteiger partial charge < -0.3 is 15.7 Å². The van der Waals surface area contributed by atoms with Gasteiger partial charge in [-0.2, -0.15) is 5.26 Å². The number of carboxylic acid groups (broad SMARTS) is 1. The lowest BCUT2D eigenvalue weighted by atomic mass is 10.2. The first-order chi connectivity index (χ1) is 11.3. The summed E-state index contributed by atoms with van der Waals surface area (Å²) in [6.07, 6.45) is 1.63. The van der Waals surface area contributed by atoms with Gasteiger partial charge in [0.1, 0.15) is 11.6 Å². The van der Waals surface area contributed by atoms with E-state index in [1.165, 1.54) is 30.5 Å². The van der Waals surface area contributed by atoms with Gasteiger partial charge in [-0.25, -0.2) is 13.2 Å². The number of benzene rings is 1. The van der Waals surface area contributed by atoms with Gasteiger partial charge >= 0.3 is 5.97 Å². The van der Waals surface area contributed by atoms with Crippen LogP contribution in [0.2, 0.25) is 0 Å². The third-order valence-electron chi connectivity index (χ3n) is 3.45. The first-order valence-corrected chi connectivity index (χ1v) is 8.84. The molecule has 8 nitrogen and oxygen atoms in total. The van der Waals surface area contributed by atoms with Gasteiger partial charge in [0, 0.05) is 17.9 Å². The molecule has 1 atom stereocenters. The fourth-order valence-electron chi connectivity index (χ4n) is 2.17. The van der Waals surface area contributed by atoms with Crippen molar-refractivity contribution in [3.8, 4) is 6.07 Å². The number of hydrogen-bond acceptors (Lipinski definition) is 6. The Morgan fingerprint density at radius 1 is 1.29 bits per heavy atom. The molecule has 1 heterocycles. The van der Waals surface area contributed by atoms with Crippen molar-refractivity contribution in [2.24, 2.45) is 0 Å². The molecule has 0 saturated carbocycles. The third kappa shape index (κ3) is 4.57. The summed E-state index contributed by atoms with van der Waals surface area (Å²) >= 11 is 0. The fourth-order valence-corrected chi connectivity index (χ4v) is 3.86. The summed E-state index contributed by atoms with van der Waals surface area (Å²) in [6.45, 7) is 0. The molecule has 1 aliphatic rings. The van der Waals surface area contributed by atoms with Crippen LogP contribution in [0.3, 0.4) is 0 Å². The van der Waals surface area contributed by atoms with E-state index in [0.29, 0.717) is 12.1 Å². The molecule has 1 aliphatic heterocycles. The van der Waals surface area contributed by atoms with E-state index in [9.17, 15) is 18.0 Å². The second-order valence-corrected chi connectivity index (χ2v) is 7.50. The fraction of sp³-hybridized carbons (Fsp3) is 0.267. The summed E-state index contributed by atoms with van der Waals surface area (Å²) in [5.41, 5.74) is 0.212. The Hall–Kier alpha value is -2.86. The molecule has 9 heteroatoms. The zero-order chi connectivity index (χ0) is 17.7. The number of nitriles is 1. The van der Waals surface area contributed by atoms with E-state index in [2.05, 4.69) is 10.6 Å². The summed E-state index contributed by atoms with van der Waals surface area (Å²) < 4.78 is 22.7. The zero-order valence-corrected chi connectivity index (χ0v) is 13.3. The number of aromatic carboxylic acids is 1. The number of amides is 1. The van der Waals surface area contributed by atoms with Gasteiger partial charge in [-0.15, -0.1) is 0 Å². The van der Waals surface area contributed by atoms with E-state index in [-0.39, 0.29) is 28.7 Å². The molecule has 2 rings (SSSR count). The first kappa shape index (κ1) is 17.5. The molecule has 0 bridgehead atoms. The smallest absolute Gasteiger partial charge is 0.335 e. The van der Waals surface area contributed by atoms with Gasteiger partial charge in [0.05, 0.1) is 17.1 Å². The van der Waals surface area contributed by atoms with Gasteiger partial charge in [-0.3, -0.25) is 4.79 Å². The van der Waals surface area contributed by atoms with Crippen molar-refractivity contribution in [3.63, 3.8) is 0 Å². The highest BCUT2D eigenvalue weighted by molar-refractivity contribution is 7.91. The molecule has 0 aromatic heterocycles. The molecule has 1 amide bonds. The predicted molar refractivity (Wildman–Crippen MR) is 85.9 cm³/mol. The SMILES string of the molecule is N#C/C(=C/NC1CCS(=O)(=O)C1)C(=O)Nc1ccc(C(=O)O)cc1. The number of anilines is 1. The number of nitrogens with zero attached hydrogens (tertiary/aromatic N) is 1. The molecule has 0 spiro atoms. The normalized spacial score (nSPS) is 19.3. The van der Waals surface area contributed by atoms with Crippen LogP contribution in [0.5, 0.6) is 0 Å². The maximum Gasteiger partial charge on any atom is 0.335 e. The number of nitrogens with one attached hydrogen (secondary N) is 2. The maximum absolute atomic E-state index is 12.0. The minimum absolute atomic E-state index is 0.0273. The first-order valence-electron chi connectivity index (χ1n) is 7.02. The van der Waals surface area contributed by atoms with E-state index < -0.39 is 21.7 Å². The Bertz CT molecular complexity index is 822. The van der Waals surface area contributed by atoms with Crippen LogP contribution in [0, 0.1) is 11.3 Å². The van der Waals surface area contributed by atoms with Crippen LogP contribution in [-0.2, 0) is 14.6 Å². The van der Waals surface area contributed by atoms with E-state index in [1.54, 1.807) is 6.07 Å². The molecule has 0 radical (unpaired) electrons. The van der Waals surface area contributed by atoms with Crippen molar-refractivity contribution >= 4 is 27.4 Å². The van der Waals surface area contributed by atoms with E-state index in [0.717, 1.165) is 0 Å². The average Bonchev–Trinajstić information content (AvgIpc) is 2.87. The van der Waals surface area contributed by atoms with Crippen molar-refractivity contribution in [3.05, 3.63) is 41.6 Å². The maximum atomic E-state index is 12.0. The van der Waals surface area contributed by atoms with Crippen molar-refractivity contribution in [2.75, 3.05) is 16.8 Å². The molecule has 1 unspecified atom stereocenters. The molecule has 3 N–H and O–H groups in total. The molecular formula is C15H15N3O5S. The second-order valence-electron chi connectivity index (χ2n) is 5.27. The molecule has 1 aromatic carbocycles. The van der Waals surface area contributed by atoms with Gasteiger partial charge in [0.2, 0.25) is 0 Å². The highest BCUT2D eigenvalue weighted by Crippen LogP contribution is 2.13. The summed E-state index contributed by atoms with van der Waals surface area (Å²) in [4.78, 5) is 22.8. The zero-order valence-electron chi connectivity index (χ0n) is 12.5. The van der Waals surface area contributed by atoms with E-state index in [4.69, 9.17) is 10.4 Å². The molecule has 1 saturated heterocycles. The Balaban J connectivity index is 1.99. The summed E-state index contributed by atoms with van der Waals surface area (Å²) in [5, 5.41) is 23.1. The van der Waals surface area contributed by atoms with Gasteiger partial charge in [-0.05, 0) is 30.7 Å². The van der Waals surface area contributed by atoms with Crippen molar-refractivity contribution < 1.29 is 23.1 Å². The number of hydrogen-bond donors (Lipinski definition) is 3. The second kappa shape index (κ2) is 7.14. The molecule has 126 valence electrons.